The standard InChI is InChI=1S/C21H33NO4/c1-8-17(23)15-9-11-16(12-10-15)19(25)22(20(2,3)4)14-13-18(24)26-21(5,6)7/h9-12,17,23H,8,13-14H2,1-7H3/t17-/m1/s1. The molecule has 0 fully saturated rings. The number of ether oxygens (including phenoxy) is 1. The first-order valence-corrected chi connectivity index (χ1v) is 9.17. The fourth-order valence-electron chi connectivity index (χ4n) is 2.58. The fraction of sp³-hybridized carbons (Fsp3) is 0.619. The van der Waals surface area contributed by atoms with Crippen LogP contribution in [0.4, 0.5) is 0 Å². The number of carbonyl (C=O) groups excluding carboxylic acids is 2. The number of benzene rings is 1. The van der Waals surface area contributed by atoms with Crippen molar-refractivity contribution in [3.8, 4) is 0 Å². The van der Waals surface area contributed by atoms with Crippen LogP contribution < -0.4 is 0 Å². The first-order chi connectivity index (χ1) is 11.8. The summed E-state index contributed by atoms with van der Waals surface area (Å²) in [5, 5.41) is 9.89. The molecule has 0 aliphatic heterocycles. The SMILES string of the molecule is CC[C@@H](O)c1ccc(C(=O)N(CCC(=O)OC(C)(C)C)C(C)(C)C)cc1. The molecule has 1 N–H and O–H groups in total. The van der Waals surface area contributed by atoms with Gasteiger partial charge < -0.3 is 14.7 Å². The van der Waals surface area contributed by atoms with Gasteiger partial charge in [0.05, 0.1) is 12.5 Å². The molecular weight excluding hydrogens is 330 g/mol. The lowest BCUT2D eigenvalue weighted by molar-refractivity contribution is -0.155. The zero-order chi connectivity index (χ0) is 20.1. The third kappa shape index (κ3) is 6.79. The minimum absolute atomic E-state index is 0.140. The van der Waals surface area contributed by atoms with Gasteiger partial charge in [-0.05, 0) is 65.7 Å². The van der Waals surface area contributed by atoms with Gasteiger partial charge in [-0.1, -0.05) is 19.1 Å². The highest BCUT2D eigenvalue weighted by atomic mass is 16.6. The number of esters is 1. The molecule has 1 rings (SSSR count). The van der Waals surface area contributed by atoms with Gasteiger partial charge in [0, 0.05) is 17.6 Å². The second kappa shape index (κ2) is 8.67. The van der Waals surface area contributed by atoms with Gasteiger partial charge in [-0.2, -0.15) is 0 Å². The summed E-state index contributed by atoms with van der Waals surface area (Å²) in [6.45, 7) is 13.5. The summed E-state index contributed by atoms with van der Waals surface area (Å²) in [7, 11) is 0. The average molecular weight is 363 g/mol. The lowest BCUT2D eigenvalue weighted by Crippen LogP contribution is -2.46. The van der Waals surface area contributed by atoms with E-state index in [0.29, 0.717) is 12.0 Å². The van der Waals surface area contributed by atoms with Crippen molar-refractivity contribution in [2.75, 3.05) is 6.54 Å². The van der Waals surface area contributed by atoms with Gasteiger partial charge in [0.2, 0.25) is 0 Å². The molecule has 0 bridgehead atoms. The second-order valence-electron chi connectivity index (χ2n) is 8.51. The van der Waals surface area contributed by atoms with Gasteiger partial charge >= 0.3 is 5.97 Å². The number of nitrogens with zero attached hydrogens (tertiary/aromatic N) is 1. The Hall–Kier alpha value is -1.88. The van der Waals surface area contributed by atoms with Gasteiger partial charge in [0.15, 0.2) is 0 Å². The molecule has 0 spiro atoms. The smallest absolute Gasteiger partial charge is 0.308 e. The lowest BCUT2D eigenvalue weighted by atomic mass is 10.0. The van der Waals surface area contributed by atoms with Crippen LogP contribution in [0.2, 0.25) is 0 Å². The van der Waals surface area contributed by atoms with Crippen molar-refractivity contribution in [1.29, 1.82) is 0 Å². The minimum atomic E-state index is -0.538. The molecule has 0 radical (unpaired) electrons. The summed E-state index contributed by atoms with van der Waals surface area (Å²) in [4.78, 5) is 26.6. The molecular formula is C21H33NO4. The van der Waals surface area contributed by atoms with Crippen molar-refractivity contribution in [1.82, 2.24) is 4.90 Å². The van der Waals surface area contributed by atoms with Gasteiger partial charge in [-0.15, -0.1) is 0 Å². The highest BCUT2D eigenvalue weighted by Crippen LogP contribution is 2.21. The summed E-state index contributed by atoms with van der Waals surface area (Å²) < 4.78 is 5.34. The topological polar surface area (TPSA) is 66.8 Å². The maximum Gasteiger partial charge on any atom is 0.308 e. The van der Waals surface area contributed by atoms with Gasteiger partial charge in [-0.25, -0.2) is 0 Å². The van der Waals surface area contributed by atoms with Crippen molar-refractivity contribution in [2.45, 2.75) is 78.6 Å². The Labute approximate surface area is 157 Å². The van der Waals surface area contributed by atoms with Crippen molar-refractivity contribution in [3.63, 3.8) is 0 Å². The summed E-state index contributed by atoms with van der Waals surface area (Å²) in [5.41, 5.74) is 0.362. The largest absolute Gasteiger partial charge is 0.460 e. The molecule has 0 aliphatic rings. The number of rotatable bonds is 6. The van der Waals surface area contributed by atoms with Crippen LogP contribution in [0.5, 0.6) is 0 Å². The van der Waals surface area contributed by atoms with Crippen LogP contribution >= 0.6 is 0 Å². The van der Waals surface area contributed by atoms with Crippen molar-refractivity contribution >= 4 is 11.9 Å². The Balaban J connectivity index is 2.89. The molecule has 0 saturated carbocycles. The summed E-state index contributed by atoms with van der Waals surface area (Å²) in [6.07, 6.45) is 0.245. The Bertz CT molecular complexity index is 608. The molecule has 5 nitrogen and oxygen atoms in total. The molecule has 0 aromatic heterocycles. The van der Waals surface area contributed by atoms with Crippen LogP contribution in [-0.2, 0) is 9.53 Å². The number of aliphatic hydroxyl groups excluding tert-OH is 1. The predicted octanol–water partition coefficient (Wildman–Crippen LogP) is 4.10. The van der Waals surface area contributed by atoms with Crippen LogP contribution in [-0.4, -0.2) is 39.6 Å². The zero-order valence-corrected chi connectivity index (χ0v) is 17.1. The fourth-order valence-corrected chi connectivity index (χ4v) is 2.58. The van der Waals surface area contributed by atoms with Crippen LogP contribution in [0.25, 0.3) is 0 Å². The number of hydrogen-bond acceptors (Lipinski definition) is 4. The van der Waals surface area contributed by atoms with E-state index in [2.05, 4.69) is 0 Å². The van der Waals surface area contributed by atoms with Gasteiger partial charge in [0.25, 0.3) is 5.91 Å². The quantitative estimate of drug-likeness (QED) is 0.773. The Morgan fingerprint density at radius 3 is 2.04 bits per heavy atom. The van der Waals surface area contributed by atoms with Crippen LogP contribution in [0, 0.1) is 0 Å². The van der Waals surface area contributed by atoms with Crippen LogP contribution in [0.3, 0.4) is 0 Å². The molecule has 1 aromatic rings. The summed E-state index contributed by atoms with van der Waals surface area (Å²) >= 11 is 0. The average Bonchev–Trinajstić information content (AvgIpc) is 2.51. The zero-order valence-electron chi connectivity index (χ0n) is 17.1. The number of carbonyl (C=O) groups is 2. The second-order valence-corrected chi connectivity index (χ2v) is 8.51. The molecule has 0 unspecified atom stereocenters. The van der Waals surface area contributed by atoms with E-state index >= 15 is 0 Å². The molecule has 146 valence electrons. The lowest BCUT2D eigenvalue weighted by Gasteiger charge is -2.36. The Morgan fingerprint density at radius 2 is 1.62 bits per heavy atom. The molecule has 1 amide bonds. The summed E-state index contributed by atoms with van der Waals surface area (Å²) in [5.74, 6) is -0.459. The van der Waals surface area contributed by atoms with E-state index in [-0.39, 0.29) is 24.8 Å². The summed E-state index contributed by atoms with van der Waals surface area (Å²) in [6, 6.07) is 7.00. The molecule has 0 aliphatic carbocycles. The first kappa shape index (κ1) is 22.2. The van der Waals surface area contributed by atoms with Gasteiger partial charge in [0.1, 0.15) is 5.60 Å². The Kier molecular flexibility index (Phi) is 7.39. The molecule has 5 heteroatoms. The maximum atomic E-state index is 13.0. The van der Waals surface area contributed by atoms with Crippen LogP contribution in [0.1, 0.15) is 83.3 Å². The number of aliphatic hydroxyl groups is 1. The van der Waals surface area contributed by atoms with E-state index in [1.807, 2.05) is 48.5 Å². The third-order valence-electron chi connectivity index (χ3n) is 3.94. The van der Waals surface area contributed by atoms with E-state index in [1.165, 1.54) is 0 Å². The molecule has 1 aromatic carbocycles. The van der Waals surface area contributed by atoms with E-state index in [0.717, 1.165) is 5.56 Å². The monoisotopic (exact) mass is 363 g/mol. The molecule has 0 heterocycles. The number of hydrogen-bond donors (Lipinski definition) is 1. The van der Waals surface area contributed by atoms with Crippen molar-refractivity contribution in [2.24, 2.45) is 0 Å². The van der Waals surface area contributed by atoms with Crippen LogP contribution in [0.15, 0.2) is 24.3 Å². The highest BCUT2D eigenvalue weighted by Gasteiger charge is 2.28. The molecule has 0 saturated heterocycles. The maximum absolute atomic E-state index is 13.0. The van der Waals surface area contributed by atoms with Crippen molar-refractivity contribution in [3.05, 3.63) is 35.4 Å². The highest BCUT2D eigenvalue weighted by molar-refractivity contribution is 5.95. The predicted molar refractivity (Wildman–Crippen MR) is 103 cm³/mol. The molecule has 1 atom stereocenters. The van der Waals surface area contributed by atoms with Gasteiger partial charge in [-0.3, -0.25) is 9.59 Å². The van der Waals surface area contributed by atoms with E-state index in [9.17, 15) is 14.7 Å². The Morgan fingerprint density at radius 1 is 1.08 bits per heavy atom. The van der Waals surface area contributed by atoms with Crippen molar-refractivity contribution < 1.29 is 19.4 Å². The third-order valence-corrected chi connectivity index (χ3v) is 3.94. The first-order valence-electron chi connectivity index (χ1n) is 9.17. The van der Waals surface area contributed by atoms with E-state index in [1.54, 1.807) is 29.2 Å². The minimum Gasteiger partial charge on any atom is -0.460 e. The molecule has 26 heavy (non-hydrogen) atoms. The van der Waals surface area contributed by atoms with E-state index in [4.69, 9.17) is 4.74 Å². The normalized spacial score (nSPS) is 13.2. The number of amides is 1. The van der Waals surface area contributed by atoms with E-state index < -0.39 is 17.2 Å².